The number of furan rings is 1. The molecule has 4 heteroatoms. The lowest BCUT2D eigenvalue weighted by atomic mass is 9.99. The number of carbonyl (C=O) groups is 1. The van der Waals surface area contributed by atoms with Crippen molar-refractivity contribution in [2.45, 2.75) is 19.8 Å². The van der Waals surface area contributed by atoms with Crippen molar-refractivity contribution in [2.24, 2.45) is 11.7 Å². The van der Waals surface area contributed by atoms with Crippen LogP contribution in [0.25, 0.3) is 11.0 Å². The van der Waals surface area contributed by atoms with Crippen LogP contribution in [0.1, 0.15) is 30.3 Å². The van der Waals surface area contributed by atoms with E-state index in [4.69, 9.17) is 10.2 Å². The Labute approximate surface area is 105 Å². The van der Waals surface area contributed by atoms with Crippen LogP contribution in [0.4, 0.5) is 4.39 Å². The second-order valence-electron chi connectivity index (χ2n) is 4.41. The van der Waals surface area contributed by atoms with Gasteiger partial charge in [-0.1, -0.05) is 25.5 Å². The Balaban J connectivity index is 2.26. The van der Waals surface area contributed by atoms with Gasteiger partial charge in [0.05, 0.1) is 0 Å². The van der Waals surface area contributed by atoms with E-state index in [2.05, 4.69) is 0 Å². The molecule has 2 rings (SSSR count). The molecule has 1 aromatic carbocycles. The molecule has 0 aliphatic heterocycles. The van der Waals surface area contributed by atoms with Gasteiger partial charge in [0, 0.05) is 11.8 Å². The summed E-state index contributed by atoms with van der Waals surface area (Å²) in [6.07, 6.45) is 1.19. The summed E-state index contributed by atoms with van der Waals surface area (Å²) in [7, 11) is 0. The number of ketones is 1. The lowest BCUT2D eigenvalue weighted by Crippen LogP contribution is -2.17. The number of Topliss-reactive ketones (excluding diaryl/α,β-unsaturated/α-hetero) is 1. The third-order valence-electron chi connectivity index (χ3n) is 3.16. The Morgan fingerprint density at radius 3 is 2.89 bits per heavy atom. The van der Waals surface area contributed by atoms with Crippen molar-refractivity contribution in [3.8, 4) is 0 Å². The van der Waals surface area contributed by atoms with Crippen molar-refractivity contribution in [1.29, 1.82) is 0 Å². The molecular weight excluding hydrogens is 233 g/mol. The molecule has 0 spiro atoms. The van der Waals surface area contributed by atoms with Gasteiger partial charge in [-0.3, -0.25) is 4.79 Å². The maximum absolute atomic E-state index is 13.4. The summed E-state index contributed by atoms with van der Waals surface area (Å²) in [6.45, 7) is 2.46. The molecule has 1 unspecified atom stereocenters. The second kappa shape index (κ2) is 5.31. The number of nitrogens with two attached hydrogens (primary N) is 1. The highest BCUT2D eigenvalue weighted by Crippen LogP contribution is 2.24. The average Bonchev–Trinajstić information content (AvgIpc) is 2.81. The molecule has 0 bridgehead atoms. The van der Waals surface area contributed by atoms with Gasteiger partial charge in [-0.05, 0) is 24.6 Å². The van der Waals surface area contributed by atoms with Gasteiger partial charge in [0.15, 0.2) is 22.9 Å². The highest BCUT2D eigenvalue weighted by molar-refractivity contribution is 5.97. The van der Waals surface area contributed by atoms with Crippen LogP contribution in [0.2, 0.25) is 0 Å². The summed E-state index contributed by atoms with van der Waals surface area (Å²) in [5.41, 5.74) is 5.71. The Morgan fingerprint density at radius 1 is 1.50 bits per heavy atom. The number of para-hydroxylation sites is 1. The molecule has 0 aliphatic rings. The van der Waals surface area contributed by atoms with Gasteiger partial charge in [0.2, 0.25) is 0 Å². The van der Waals surface area contributed by atoms with Gasteiger partial charge in [0.25, 0.3) is 0 Å². The van der Waals surface area contributed by atoms with Gasteiger partial charge in [-0.15, -0.1) is 0 Å². The van der Waals surface area contributed by atoms with E-state index in [-0.39, 0.29) is 23.0 Å². The fourth-order valence-corrected chi connectivity index (χ4v) is 1.92. The SMILES string of the molecule is CCC(CN)CC(=O)c1cc2cccc(F)c2o1. The van der Waals surface area contributed by atoms with Gasteiger partial charge in [-0.2, -0.15) is 0 Å². The van der Waals surface area contributed by atoms with E-state index in [1.54, 1.807) is 18.2 Å². The molecule has 0 radical (unpaired) electrons. The number of benzene rings is 1. The fraction of sp³-hybridized carbons (Fsp3) is 0.357. The highest BCUT2D eigenvalue weighted by atomic mass is 19.1. The van der Waals surface area contributed by atoms with E-state index in [9.17, 15) is 9.18 Å². The van der Waals surface area contributed by atoms with Crippen LogP contribution in [0, 0.1) is 11.7 Å². The van der Waals surface area contributed by atoms with Crippen LogP contribution >= 0.6 is 0 Å². The average molecular weight is 249 g/mol. The summed E-state index contributed by atoms with van der Waals surface area (Å²) in [6, 6.07) is 6.22. The van der Waals surface area contributed by atoms with Crippen LogP contribution in [0.3, 0.4) is 0 Å². The van der Waals surface area contributed by atoms with Crippen LogP contribution < -0.4 is 5.73 Å². The number of carbonyl (C=O) groups excluding carboxylic acids is 1. The third kappa shape index (κ3) is 2.43. The fourth-order valence-electron chi connectivity index (χ4n) is 1.92. The second-order valence-corrected chi connectivity index (χ2v) is 4.41. The smallest absolute Gasteiger partial charge is 0.198 e. The first-order chi connectivity index (χ1) is 8.65. The lowest BCUT2D eigenvalue weighted by molar-refractivity contribution is 0.0936. The van der Waals surface area contributed by atoms with E-state index < -0.39 is 5.82 Å². The maximum Gasteiger partial charge on any atom is 0.198 e. The molecule has 0 amide bonds. The van der Waals surface area contributed by atoms with Gasteiger partial charge in [-0.25, -0.2) is 4.39 Å². The molecule has 1 heterocycles. The molecule has 0 fully saturated rings. The first-order valence-corrected chi connectivity index (χ1v) is 6.07. The Hall–Kier alpha value is -1.68. The normalized spacial score (nSPS) is 12.8. The predicted molar refractivity (Wildman–Crippen MR) is 68.0 cm³/mol. The third-order valence-corrected chi connectivity index (χ3v) is 3.16. The van der Waals surface area contributed by atoms with E-state index in [1.165, 1.54) is 6.07 Å². The quantitative estimate of drug-likeness (QED) is 0.828. The molecule has 96 valence electrons. The molecule has 18 heavy (non-hydrogen) atoms. The Bertz CT molecular complexity index is 558. The van der Waals surface area contributed by atoms with Crippen molar-refractivity contribution in [3.05, 3.63) is 35.8 Å². The minimum atomic E-state index is -0.447. The predicted octanol–water partition coefficient (Wildman–Crippen LogP) is 3.13. The molecular formula is C14H16FNO2. The van der Waals surface area contributed by atoms with E-state index >= 15 is 0 Å². The number of fused-ring (bicyclic) bond motifs is 1. The van der Waals surface area contributed by atoms with Gasteiger partial charge in [0.1, 0.15) is 0 Å². The highest BCUT2D eigenvalue weighted by Gasteiger charge is 2.17. The molecule has 0 saturated carbocycles. The minimum Gasteiger partial charge on any atom is -0.450 e. The number of hydrogen-bond acceptors (Lipinski definition) is 3. The standard InChI is InChI=1S/C14H16FNO2/c1-2-9(8-16)6-12(17)13-7-10-4-3-5-11(15)14(10)18-13/h3-5,7,9H,2,6,8,16H2,1H3. The van der Waals surface area contributed by atoms with E-state index in [0.717, 1.165) is 6.42 Å². The molecule has 2 N–H and O–H groups in total. The Kier molecular flexibility index (Phi) is 3.77. The summed E-state index contributed by atoms with van der Waals surface area (Å²) in [4.78, 5) is 12.0. The molecule has 1 atom stereocenters. The maximum atomic E-state index is 13.4. The summed E-state index contributed by atoms with van der Waals surface area (Å²) in [5.74, 6) is -0.210. The van der Waals surface area contributed by atoms with Crippen LogP contribution in [-0.4, -0.2) is 12.3 Å². The zero-order valence-corrected chi connectivity index (χ0v) is 10.3. The van der Waals surface area contributed by atoms with Gasteiger partial charge >= 0.3 is 0 Å². The summed E-state index contributed by atoms with van der Waals surface area (Å²) >= 11 is 0. The zero-order chi connectivity index (χ0) is 13.1. The zero-order valence-electron chi connectivity index (χ0n) is 10.3. The Morgan fingerprint density at radius 2 is 2.28 bits per heavy atom. The lowest BCUT2D eigenvalue weighted by Gasteiger charge is -2.08. The number of rotatable bonds is 5. The van der Waals surface area contributed by atoms with Crippen LogP contribution in [0.5, 0.6) is 0 Å². The minimum absolute atomic E-state index is 0.122. The van der Waals surface area contributed by atoms with Crippen LogP contribution in [-0.2, 0) is 0 Å². The molecule has 1 aromatic heterocycles. The summed E-state index contributed by atoms with van der Waals surface area (Å²) in [5, 5.41) is 0.610. The topological polar surface area (TPSA) is 56.2 Å². The molecule has 0 aliphatic carbocycles. The first kappa shape index (κ1) is 12.8. The van der Waals surface area contributed by atoms with Crippen LogP contribution in [0.15, 0.2) is 28.7 Å². The molecule has 2 aromatic rings. The van der Waals surface area contributed by atoms with Gasteiger partial charge < -0.3 is 10.2 Å². The van der Waals surface area contributed by atoms with Crippen molar-refractivity contribution in [3.63, 3.8) is 0 Å². The molecule has 3 nitrogen and oxygen atoms in total. The van der Waals surface area contributed by atoms with E-state index in [1.807, 2.05) is 6.92 Å². The van der Waals surface area contributed by atoms with E-state index in [0.29, 0.717) is 18.4 Å². The van der Waals surface area contributed by atoms with Crippen molar-refractivity contribution in [2.75, 3.05) is 6.54 Å². The number of halogens is 1. The molecule has 0 saturated heterocycles. The largest absolute Gasteiger partial charge is 0.450 e. The van der Waals surface area contributed by atoms with Crippen molar-refractivity contribution < 1.29 is 13.6 Å². The summed E-state index contributed by atoms with van der Waals surface area (Å²) < 4.78 is 18.7. The first-order valence-electron chi connectivity index (χ1n) is 6.07. The van der Waals surface area contributed by atoms with Crippen molar-refractivity contribution in [1.82, 2.24) is 0 Å². The van der Waals surface area contributed by atoms with Crippen molar-refractivity contribution >= 4 is 16.8 Å². The number of hydrogen-bond donors (Lipinski definition) is 1. The monoisotopic (exact) mass is 249 g/mol.